The molecule has 0 aromatic heterocycles. The Hall–Kier alpha value is -0.740. The lowest BCUT2D eigenvalue weighted by Gasteiger charge is -2.38. The Morgan fingerprint density at radius 2 is 2.32 bits per heavy atom. The van der Waals surface area contributed by atoms with Crippen LogP contribution in [0.5, 0.6) is 0 Å². The highest BCUT2D eigenvalue weighted by atomic mass is 79.9. The van der Waals surface area contributed by atoms with Crippen molar-refractivity contribution in [2.45, 2.75) is 38.1 Å². The molecule has 1 fully saturated rings. The number of benzene rings is 1. The van der Waals surface area contributed by atoms with Crippen LogP contribution in [0, 0.1) is 5.92 Å². The summed E-state index contributed by atoms with van der Waals surface area (Å²) < 4.78 is 0.767. The number of carboxylic acids is 1. The minimum absolute atomic E-state index is 0.424. The van der Waals surface area contributed by atoms with Gasteiger partial charge in [-0.25, -0.2) is 4.79 Å². The third kappa shape index (κ3) is 3.23. The van der Waals surface area contributed by atoms with E-state index >= 15 is 0 Å². The molecule has 1 aromatic carbocycles. The number of carbonyl (C=O) groups is 1. The van der Waals surface area contributed by atoms with E-state index < -0.39 is 11.5 Å². The average molecular weight is 347 g/mol. The van der Waals surface area contributed by atoms with Gasteiger partial charge in [-0.1, -0.05) is 31.4 Å². The number of hydrogen-bond donors (Lipinski definition) is 2. The standard InChI is InChI=1S/C14H17BrClNO2/c1-9-3-2-6-14(8-9,13(18)19)17-10-4-5-12(16)11(15)7-10/h4-5,7,9,17H,2-3,6,8H2,1H3,(H,18,19). The Balaban J connectivity index is 2.25. The molecule has 0 aliphatic heterocycles. The summed E-state index contributed by atoms with van der Waals surface area (Å²) in [6, 6.07) is 5.40. The summed E-state index contributed by atoms with van der Waals surface area (Å²) in [5.41, 5.74) is -0.0712. The minimum Gasteiger partial charge on any atom is -0.480 e. The molecular formula is C14H17BrClNO2. The van der Waals surface area contributed by atoms with Crippen LogP contribution in [0.2, 0.25) is 5.02 Å². The van der Waals surface area contributed by atoms with Gasteiger partial charge >= 0.3 is 5.97 Å². The maximum absolute atomic E-state index is 11.7. The Kier molecular flexibility index (Phi) is 4.41. The fourth-order valence-corrected chi connectivity index (χ4v) is 3.26. The van der Waals surface area contributed by atoms with Crippen LogP contribution in [0.4, 0.5) is 5.69 Å². The van der Waals surface area contributed by atoms with Gasteiger partial charge in [-0.3, -0.25) is 0 Å². The maximum Gasteiger partial charge on any atom is 0.329 e. The molecule has 1 aliphatic carbocycles. The highest BCUT2D eigenvalue weighted by Gasteiger charge is 2.41. The summed E-state index contributed by atoms with van der Waals surface area (Å²) >= 11 is 9.31. The zero-order chi connectivity index (χ0) is 14.0. The first-order valence-corrected chi connectivity index (χ1v) is 7.57. The van der Waals surface area contributed by atoms with Gasteiger partial charge in [0.15, 0.2) is 0 Å². The van der Waals surface area contributed by atoms with Crippen LogP contribution in [-0.4, -0.2) is 16.6 Å². The second kappa shape index (κ2) is 5.71. The van der Waals surface area contributed by atoms with E-state index in [0.29, 0.717) is 23.8 Å². The monoisotopic (exact) mass is 345 g/mol. The second-order valence-corrected chi connectivity index (χ2v) is 6.60. The van der Waals surface area contributed by atoms with E-state index in [1.54, 1.807) is 6.07 Å². The van der Waals surface area contributed by atoms with Gasteiger partial charge in [-0.05, 0) is 52.9 Å². The molecule has 1 aliphatic rings. The number of nitrogens with one attached hydrogen (secondary N) is 1. The number of carboxylic acid groups (broad SMARTS) is 1. The molecule has 2 unspecified atom stereocenters. The Morgan fingerprint density at radius 3 is 2.89 bits per heavy atom. The summed E-state index contributed by atoms with van der Waals surface area (Å²) in [6.07, 6.45) is 3.35. The zero-order valence-electron chi connectivity index (χ0n) is 10.7. The topological polar surface area (TPSA) is 49.3 Å². The smallest absolute Gasteiger partial charge is 0.329 e. The summed E-state index contributed by atoms with van der Waals surface area (Å²) in [4.78, 5) is 11.7. The SMILES string of the molecule is CC1CCCC(Nc2ccc(Cl)c(Br)c2)(C(=O)O)C1. The van der Waals surface area contributed by atoms with Gasteiger partial charge in [0.05, 0.1) is 5.02 Å². The van der Waals surface area contributed by atoms with Crippen molar-refractivity contribution in [1.82, 2.24) is 0 Å². The van der Waals surface area contributed by atoms with Crippen molar-refractivity contribution in [3.63, 3.8) is 0 Å². The summed E-state index contributed by atoms with van der Waals surface area (Å²) in [7, 11) is 0. The lowest BCUT2D eigenvalue weighted by atomic mass is 9.76. The molecule has 0 heterocycles. The van der Waals surface area contributed by atoms with Crippen molar-refractivity contribution in [2.24, 2.45) is 5.92 Å². The van der Waals surface area contributed by atoms with Crippen molar-refractivity contribution < 1.29 is 9.90 Å². The van der Waals surface area contributed by atoms with E-state index in [2.05, 4.69) is 28.2 Å². The molecule has 0 spiro atoms. The largest absolute Gasteiger partial charge is 0.480 e. The molecule has 0 radical (unpaired) electrons. The first kappa shape index (κ1) is 14.7. The van der Waals surface area contributed by atoms with Crippen LogP contribution >= 0.6 is 27.5 Å². The number of halogens is 2. The Morgan fingerprint density at radius 1 is 1.58 bits per heavy atom. The first-order chi connectivity index (χ1) is 8.93. The molecule has 2 rings (SSSR count). The molecular weight excluding hydrogens is 330 g/mol. The van der Waals surface area contributed by atoms with Crippen molar-refractivity contribution in [2.75, 3.05) is 5.32 Å². The highest BCUT2D eigenvalue weighted by molar-refractivity contribution is 9.10. The fourth-order valence-electron chi connectivity index (χ4n) is 2.76. The van der Waals surface area contributed by atoms with E-state index in [-0.39, 0.29) is 0 Å². The third-order valence-corrected chi connectivity index (χ3v) is 4.92. The molecule has 104 valence electrons. The van der Waals surface area contributed by atoms with E-state index in [1.807, 2.05) is 12.1 Å². The first-order valence-electron chi connectivity index (χ1n) is 6.39. The molecule has 0 amide bonds. The maximum atomic E-state index is 11.7. The lowest BCUT2D eigenvalue weighted by Crippen LogP contribution is -2.49. The molecule has 2 N–H and O–H groups in total. The summed E-state index contributed by atoms with van der Waals surface area (Å²) in [5.74, 6) is -0.349. The molecule has 0 saturated heterocycles. The van der Waals surface area contributed by atoms with E-state index in [1.165, 1.54) is 0 Å². The van der Waals surface area contributed by atoms with Gasteiger partial charge in [0.1, 0.15) is 5.54 Å². The molecule has 3 nitrogen and oxygen atoms in total. The summed E-state index contributed by atoms with van der Waals surface area (Å²) in [5, 5.41) is 13.4. The van der Waals surface area contributed by atoms with Crippen molar-refractivity contribution in [1.29, 1.82) is 0 Å². The second-order valence-electron chi connectivity index (χ2n) is 5.34. The normalized spacial score (nSPS) is 27.0. The van der Waals surface area contributed by atoms with Crippen LogP contribution in [0.1, 0.15) is 32.6 Å². The van der Waals surface area contributed by atoms with Crippen molar-refractivity contribution >= 4 is 39.2 Å². The van der Waals surface area contributed by atoms with Crippen LogP contribution < -0.4 is 5.32 Å². The fraction of sp³-hybridized carbons (Fsp3) is 0.500. The van der Waals surface area contributed by atoms with Gasteiger partial charge < -0.3 is 10.4 Å². The number of rotatable bonds is 3. The lowest BCUT2D eigenvalue weighted by molar-refractivity contribution is -0.144. The summed E-state index contributed by atoms with van der Waals surface area (Å²) in [6.45, 7) is 2.11. The third-order valence-electron chi connectivity index (χ3n) is 3.71. The predicted molar refractivity (Wildman–Crippen MR) is 80.8 cm³/mol. The van der Waals surface area contributed by atoms with Crippen molar-refractivity contribution in [3.8, 4) is 0 Å². The average Bonchev–Trinajstić information content (AvgIpc) is 2.34. The van der Waals surface area contributed by atoms with Crippen LogP contribution in [0.3, 0.4) is 0 Å². The quantitative estimate of drug-likeness (QED) is 0.844. The molecule has 0 bridgehead atoms. The van der Waals surface area contributed by atoms with Crippen molar-refractivity contribution in [3.05, 3.63) is 27.7 Å². The zero-order valence-corrected chi connectivity index (χ0v) is 13.1. The van der Waals surface area contributed by atoms with Gasteiger partial charge in [0.25, 0.3) is 0 Å². The highest BCUT2D eigenvalue weighted by Crippen LogP contribution is 2.36. The van der Waals surface area contributed by atoms with Crippen LogP contribution in [0.25, 0.3) is 0 Å². The van der Waals surface area contributed by atoms with E-state index in [9.17, 15) is 9.90 Å². The Bertz CT molecular complexity index is 494. The van der Waals surface area contributed by atoms with E-state index in [0.717, 1.165) is 23.0 Å². The Labute approximate surface area is 126 Å². The van der Waals surface area contributed by atoms with Gasteiger partial charge in [-0.15, -0.1) is 0 Å². The molecule has 19 heavy (non-hydrogen) atoms. The van der Waals surface area contributed by atoms with Gasteiger partial charge in [-0.2, -0.15) is 0 Å². The van der Waals surface area contributed by atoms with E-state index in [4.69, 9.17) is 11.6 Å². The number of aliphatic carboxylic acids is 1. The molecule has 2 atom stereocenters. The molecule has 5 heteroatoms. The van der Waals surface area contributed by atoms with Crippen LogP contribution in [-0.2, 0) is 4.79 Å². The molecule has 1 aromatic rings. The minimum atomic E-state index is -0.856. The van der Waals surface area contributed by atoms with Gasteiger partial charge in [0.2, 0.25) is 0 Å². The number of hydrogen-bond acceptors (Lipinski definition) is 2. The molecule has 1 saturated carbocycles. The van der Waals surface area contributed by atoms with Crippen LogP contribution in [0.15, 0.2) is 22.7 Å². The predicted octanol–water partition coefficient (Wildman–Crippen LogP) is 4.55. The van der Waals surface area contributed by atoms with Gasteiger partial charge in [0, 0.05) is 10.2 Å². The number of anilines is 1.